The molecule has 0 spiro atoms. The molecule has 0 fully saturated rings. The Morgan fingerprint density at radius 1 is 0.920 bits per heavy atom. The highest BCUT2D eigenvalue weighted by Crippen LogP contribution is 1.96. The molecule has 0 aliphatic heterocycles. The molecule has 0 saturated carbocycles. The number of esters is 2. The summed E-state index contributed by atoms with van der Waals surface area (Å²) in [5.74, 6) is -3.01. The van der Waals surface area contributed by atoms with E-state index in [2.05, 4.69) is 29.2 Å². The largest absolute Gasteiger partial charge is 0.478 e. The van der Waals surface area contributed by atoms with E-state index >= 15 is 0 Å². The van der Waals surface area contributed by atoms with E-state index < -0.39 is 17.9 Å². The van der Waals surface area contributed by atoms with Crippen molar-refractivity contribution >= 4 is 23.9 Å². The second kappa shape index (κ2) is 15.7. The van der Waals surface area contributed by atoms with Crippen molar-refractivity contribution in [1.82, 2.24) is 0 Å². The Kier molecular flexibility index (Phi) is 16.8. The summed E-state index contributed by atoms with van der Waals surface area (Å²) in [6, 6.07) is 0. The molecule has 0 amide bonds. The van der Waals surface area contributed by atoms with Crippen LogP contribution in [0.5, 0.6) is 0 Å². The van der Waals surface area contributed by atoms with Gasteiger partial charge in [0.15, 0.2) is 0 Å². The van der Waals surface area contributed by atoms with Crippen LogP contribution in [0, 0.1) is 0 Å². The number of carbonyl (C=O) groups excluding carboxylic acids is 2. The maximum absolute atomic E-state index is 10.8. The first-order valence-corrected chi connectivity index (χ1v) is 6.80. The lowest BCUT2D eigenvalue weighted by atomic mass is 10.3. The van der Waals surface area contributed by atoms with Crippen LogP contribution in [0.2, 0.25) is 0 Å². The van der Waals surface area contributed by atoms with E-state index in [9.17, 15) is 19.2 Å². The average Bonchev–Trinajstić information content (AvgIpc) is 2.52. The van der Waals surface area contributed by atoms with Crippen molar-refractivity contribution < 1.29 is 38.9 Å². The minimum Gasteiger partial charge on any atom is -0.478 e. The van der Waals surface area contributed by atoms with Crippen LogP contribution in [-0.4, -0.2) is 47.8 Å². The molecule has 2 N–H and O–H groups in total. The molecule has 0 aromatic carbocycles. The van der Waals surface area contributed by atoms with Crippen molar-refractivity contribution in [3.05, 3.63) is 48.6 Å². The number of aliphatic carboxylic acids is 2. The Hall–Kier alpha value is -3.16. The second-order valence-corrected chi connectivity index (χ2v) is 4.27. The normalized spacial score (nSPS) is 8.64. The highest BCUT2D eigenvalue weighted by molar-refractivity contribution is 5.93. The summed E-state index contributed by atoms with van der Waals surface area (Å²) in [5, 5.41) is 16.1. The van der Waals surface area contributed by atoms with Gasteiger partial charge in [-0.05, 0) is 26.8 Å². The molecule has 0 radical (unpaired) electrons. The molecule has 140 valence electrons. The van der Waals surface area contributed by atoms with Crippen LogP contribution in [0.4, 0.5) is 0 Å². The fourth-order valence-corrected chi connectivity index (χ4v) is 0.638. The Labute approximate surface area is 146 Å². The van der Waals surface area contributed by atoms with E-state index in [0.717, 1.165) is 12.2 Å². The van der Waals surface area contributed by atoms with Crippen molar-refractivity contribution in [2.24, 2.45) is 0 Å². The van der Waals surface area contributed by atoms with Gasteiger partial charge in [0.2, 0.25) is 0 Å². The number of hydrogen-bond donors (Lipinski definition) is 2. The molecule has 8 nitrogen and oxygen atoms in total. The Morgan fingerprint density at radius 3 is 1.56 bits per heavy atom. The van der Waals surface area contributed by atoms with Gasteiger partial charge in [0.25, 0.3) is 0 Å². The van der Waals surface area contributed by atoms with Crippen molar-refractivity contribution in [2.75, 3.05) is 13.7 Å². The number of carboxylic acid groups (broad SMARTS) is 2. The van der Waals surface area contributed by atoms with Crippen LogP contribution >= 0.6 is 0 Å². The topological polar surface area (TPSA) is 127 Å². The van der Waals surface area contributed by atoms with E-state index in [0.29, 0.717) is 5.57 Å². The number of carbonyl (C=O) groups is 4. The first-order chi connectivity index (χ1) is 11.4. The first kappa shape index (κ1) is 26.7. The lowest BCUT2D eigenvalue weighted by Crippen LogP contribution is -2.05. The molecule has 0 aliphatic carbocycles. The third kappa shape index (κ3) is 20.8. The zero-order valence-corrected chi connectivity index (χ0v) is 14.8. The summed E-state index contributed by atoms with van der Waals surface area (Å²) in [7, 11) is 1.33. The summed E-state index contributed by atoms with van der Waals surface area (Å²) >= 11 is 0. The van der Waals surface area contributed by atoms with Gasteiger partial charge in [-0.3, -0.25) is 0 Å². The number of methoxy groups -OCH3 is 1. The van der Waals surface area contributed by atoms with Gasteiger partial charge in [0.1, 0.15) is 0 Å². The molecule has 0 aliphatic rings. The molecular formula is C17H24O8. The van der Waals surface area contributed by atoms with E-state index in [1.165, 1.54) is 14.0 Å². The third-order valence-electron chi connectivity index (χ3n) is 1.86. The number of rotatable bonds is 6. The van der Waals surface area contributed by atoms with Gasteiger partial charge >= 0.3 is 23.9 Å². The second-order valence-electron chi connectivity index (χ2n) is 4.27. The molecular weight excluding hydrogens is 332 g/mol. The molecule has 25 heavy (non-hydrogen) atoms. The van der Waals surface area contributed by atoms with Crippen LogP contribution in [-0.2, 0) is 28.7 Å². The quantitative estimate of drug-likeness (QED) is 0.421. The van der Waals surface area contributed by atoms with Gasteiger partial charge in [-0.15, -0.1) is 0 Å². The number of ether oxygens (including phenoxy) is 2. The van der Waals surface area contributed by atoms with Crippen molar-refractivity contribution in [3.63, 3.8) is 0 Å². The van der Waals surface area contributed by atoms with Crippen molar-refractivity contribution in [3.8, 4) is 0 Å². The minimum atomic E-state index is -1.12. The Morgan fingerprint density at radius 2 is 1.36 bits per heavy atom. The van der Waals surface area contributed by atoms with Crippen LogP contribution in [0.25, 0.3) is 0 Å². The molecule has 0 aromatic rings. The molecule has 0 aromatic heterocycles. The van der Waals surface area contributed by atoms with Gasteiger partial charge in [0.05, 0.1) is 19.3 Å². The minimum absolute atomic E-state index is 0.0271. The summed E-state index contributed by atoms with van der Waals surface area (Å²) in [6.07, 6.45) is 1.93. The van der Waals surface area contributed by atoms with Gasteiger partial charge in [-0.2, -0.15) is 0 Å². The molecule has 0 atom stereocenters. The molecule has 0 rings (SSSR count). The van der Waals surface area contributed by atoms with Gasteiger partial charge < -0.3 is 19.7 Å². The third-order valence-corrected chi connectivity index (χ3v) is 1.86. The van der Waals surface area contributed by atoms with E-state index in [1.54, 1.807) is 13.8 Å². The highest BCUT2D eigenvalue weighted by atomic mass is 16.5. The monoisotopic (exact) mass is 356 g/mol. The number of hydrogen-bond acceptors (Lipinski definition) is 6. The maximum atomic E-state index is 10.8. The molecule has 0 saturated heterocycles. The SMILES string of the molecule is C=C(C)C(=O)O.C=C(C)C(=O)OC.C=C(C=CC(=O)O)C(=O)OCC. The molecule has 0 heterocycles. The summed E-state index contributed by atoms with van der Waals surface area (Å²) < 4.78 is 8.83. The summed E-state index contributed by atoms with van der Waals surface area (Å²) in [4.78, 5) is 40.6. The van der Waals surface area contributed by atoms with Crippen LogP contribution in [0.3, 0.4) is 0 Å². The average molecular weight is 356 g/mol. The van der Waals surface area contributed by atoms with Crippen molar-refractivity contribution in [2.45, 2.75) is 20.8 Å². The van der Waals surface area contributed by atoms with E-state index in [4.69, 9.17) is 10.2 Å². The standard InChI is InChI=1S/C8H10O4.C5H8O2.C4H6O2/c1-3-12-8(11)6(2)4-5-7(9)10;1-4(2)5(6)7-3;1-3(2)4(5)6/h4-5H,2-3H2,1H3,(H,9,10);1H2,2-3H3;1H2,2H3,(H,5,6). The predicted molar refractivity (Wildman–Crippen MR) is 91.8 cm³/mol. The smallest absolute Gasteiger partial charge is 0.337 e. The summed E-state index contributed by atoms with van der Waals surface area (Å²) in [5.41, 5.74) is 0.636. The molecule has 0 unspecified atom stereocenters. The van der Waals surface area contributed by atoms with E-state index in [1.807, 2.05) is 0 Å². The first-order valence-electron chi connectivity index (χ1n) is 6.80. The van der Waals surface area contributed by atoms with Crippen LogP contribution < -0.4 is 0 Å². The van der Waals surface area contributed by atoms with Crippen LogP contribution in [0.15, 0.2) is 48.6 Å². The number of carboxylic acids is 2. The lowest BCUT2D eigenvalue weighted by molar-refractivity contribution is -0.138. The van der Waals surface area contributed by atoms with Gasteiger partial charge in [-0.25, -0.2) is 19.2 Å². The van der Waals surface area contributed by atoms with Gasteiger partial charge in [0, 0.05) is 17.2 Å². The maximum Gasteiger partial charge on any atom is 0.337 e. The molecule has 8 heteroatoms. The Bertz CT molecular complexity index is 543. The highest BCUT2D eigenvalue weighted by Gasteiger charge is 2.03. The zero-order valence-electron chi connectivity index (χ0n) is 14.8. The zero-order chi connectivity index (χ0) is 20.6. The fraction of sp³-hybridized carbons (Fsp3) is 0.294. The fourth-order valence-electron chi connectivity index (χ4n) is 0.638. The Balaban J connectivity index is -0.000000317. The summed E-state index contributed by atoms with van der Waals surface area (Å²) in [6.45, 7) is 14.8. The van der Waals surface area contributed by atoms with Gasteiger partial charge in [-0.1, -0.05) is 19.7 Å². The predicted octanol–water partition coefficient (Wildman–Crippen LogP) is 2.13. The van der Waals surface area contributed by atoms with Crippen molar-refractivity contribution in [1.29, 1.82) is 0 Å². The van der Waals surface area contributed by atoms with Crippen LogP contribution in [0.1, 0.15) is 20.8 Å². The molecule has 0 bridgehead atoms. The van der Waals surface area contributed by atoms with E-state index in [-0.39, 0.29) is 23.7 Å². The lowest BCUT2D eigenvalue weighted by Gasteiger charge is -1.98.